The third-order valence-corrected chi connectivity index (χ3v) is 5.13. The van der Waals surface area contributed by atoms with Gasteiger partial charge in [0, 0.05) is 0 Å². The van der Waals surface area contributed by atoms with Gasteiger partial charge in [0.2, 0.25) is 0 Å². The Hall–Kier alpha value is -2.82. The molecule has 2 rings (SSSR count). The third kappa shape index (κ3) is 10.1. The van der Waals surface area contributed by atoms with Crippen LogP contribution in [0.2, 0.25) is 0 Å². The summed E-state index contributed by atoms with van der Waals surface area (Å²) in [5.41, 5.74) is 4.70. The lowest BCUT2D eigenvalue weighted by Gasteiger charge is -2.12. The molecule has 0 spiro atoms. The minimum absolute atomic E-state index is 0.452. The zero-order chi connectivity index (χ0) is 23.9. The minimum atomic E-state index is 0.452. The van der Waals surface area contributed by atoms with E-state index in [4.69, 9.17) is 18.9 Å². The average Bonchev–Trinajstić information content (AvgIpc) is 2.84. The molecule has 0 saturated carbocycles. The molecule has 0 aromatic heterocycles. The molecule has 0 aliphatic heterocycles. The molecule has 0 heterocycles. The van der Waals surface area contributed by atoms with Gasteiger partial charge in [0.25, 0.3) is 0 Å². The first kappa shape index (κ1) is 26.4. The zero-order valence-electron chi connectivity index (χ0n) is 20.5. The summed E-state index contributed by atoms with van der Waals surface area (Å²) in [6, 6.07) is 15.9. The Labute approximate surface area is 199 Å². The first-order valence-corrected chi connectivity index (χ1v) is 11.5. The van der Waals surface area contributed by atoms with Crippen LogP contribution < -0.4 is 9.47 Å². The maximum absolute atomic E-state index is 5.94. The van der Waals surface area contributed by atoms with Crippen LogP contribution in [0.1, 0.15) is 37.8 Å². The summed E-state index contributed by atoms with van der Waals surface area (Å²) in [7, 11) is 3.34. The van der Waals surface area contributed by atoms with Crippen molar-refractivity contribution in [2.24, 2.45) is 5.92 Å². The number of hydrogen-bond donors (Lipinski definition) is 0. The molecule has 2 aromatic carbocycles. The summed E-state index contributed by atoms with van der Waals surface area (Å²) in [4.78, 5) is 0. The molecule has 0 bridgehead atoms. The first-order chi connectivity index (χ1) is 16.0. The van der Waals surface area contributed by atoms with Gasteiger partial charge in [-0.05, 0) is 65.3 Å². The standard InChI is InChI=1S/C29H38O4/c1-6-26(20-23(2)3)27(17-19-33-22-25-11-15-29(31-5)16-12-25)8-7-18-32-21-24-9-13-28(30-4)14-10-24/h6,8-16,20,23H,1,7,17-19,21-22H2,2-5H3/b26-20+,27-8+. The number of hydrogen-bond acceptors (Lipinski definition) is 4. The summed E-state index contributed by atoms with van der Waals surface area (Å²) < 4.78 is 22.2. The SMILES string of the molecule is C=CC(=C\C(C)C)/C(=C/CCOCc1ccc(OC)cc1)CCOCc1ccc(OC)cc1. The van der Waals surface area contributed by atoms with Crippen molar-refractivity contribution in [2.45, 2.75) is 39.9 Å². The Kier molecular flexibility index (Phi) is 12.1. The predicted molar refractivity (Wildman–Crippen MR) is 136 cm³/mol. The second-order valence-electron chi connectivity index (χ2n) is 8.14. The van der Waals surface area contributed by atoms with Gasteiger partial charge in [-0.15, -0.1) is 0 Å². The van der Waals surface area contributed by atoms with E-state index < -0.39 is 0 Å². The molecular weight excluding hydrogens is 412 g/mol. The normalized spacial score (nSPS) is 12.2. The van der Waals surface area contributed by atoms with Crippen molar-refractivity contribution >= 4 is 0 Å². The molecular formula is C29H38O4. The zero-order valence-corrected chi connectivity index (χ0v) is 20.5. The van der Waals surface area contributed by atoms with Crippen molar-refractivity contribution < 1.29 is 18.9 Å². The predicted octanol–water partition coefficient (Wildman–Crippen LogP) is 6.91. The van der Waals surface area contributed by atoms with Crippen LogP contribution in [0.3, 0.4) is 0 Å². The summed E-state index contributed by atoms with van der Waals surface area (Å²) in [5, 5.41) is 0. The fourth-order valence-corrected chi connectivity index (χ4v) is 3.35. The van der Waals surface area contributed by atoms with Crippen LogP contribution in [-0.4, -0.2) is 27.4 Å². The fourth-order valence-electron chi connectivity index (χ4n) is 3.35. The van der Waals surface area contributed by atoms with Crippen LogP contribution in [0, 0.1) is 5.92 Å². The molecule has 0 aliphatic carbocycles. The van der Waals surface area contributed by atoms with Crippen molar-refractivity contribution in [3.8, 4) is 11.5 Å². The molecule has 0 aliphatic rings. The lowest BCUT2D eigenvalue weighted by Crippen LogP contribution is -2.01. The number of allylic oxidation sites excluding steroid dienone is 3. The van der Waals surface area contributed by atoms with Crippen molar-refractivity contribution in [3.63, 3.8) is 0 Å². The van der Waals surface area contributed by atoms with E-state index in [1.54, 1.807) is 14.2 Å². The Morgan fingerprint density at radius 2 is 1.33 bits per heavy atom. The highest BCUT2D eigenvalue weighted by molar-refractivity contribution is 5.39. The monoisotopic (exact) mass is 450 g/mol. The van der Waals surface area contributed by atoms with E-state index in [9.17, 15) is 0 Å². The highest BCUT2D eigenvalue weighted by Crippen LogP contribution is 2.20. The molecule has 0 atom stereocenters. The summed E-state index contributed by atoms with van der Waals surface area (Å²) in [6.07, 6.45) is 8.11. The minimum Gasteiger partial charge on any atom is -0.497 e. The van der Waals surface area contributed by atoms with Crippen molar-refractivity contribution in [1.82, 2.24) is 0 Å². The Morgan fingerprint density at radius 1 is 0.818 bits per heavy atom. The average molecular weight is 451 g/mol. The molecule has 0 unspecified atom stereocenters. The van der Waals surface area contributed by atoms with Crippen LogP contribution in [0.15, 0.2) is 84.5 Å². The lowest BCUT2D eigenvalue weighted by molar-refractivity contribution is 0.122. The molecule has 2 aromatic rings. The van der Waals surface area contributed by atoms with Gasteiger partial charge >= 0.3 is 0 Å². The van der Waals surface area contributed by atoms with Gasteiger partial charge in [0.15, 0.2) is 0 Å². The van der Waals surface area contributed by atoms with E-state index in [-0.39, 0.29) is 0 Å². The molecule has 0 fully saturated rings. The number of benzene rings is 2. The van der Waals surface area contributed by atoms with Gasteiger partial charge < -0.3 is 18.9 Å². The topological polar surface area (TPSA) is 36.9 Å². The van der Waals surface area contributed by atoms with E-state index in [1.807, 2.05) is 54.6 Å². The summed E-state index contributed by atoms with van der Waals surface area (Å²) >= 11 is 0. The smallest absolute Gasteiger partial charge is 0.118 e. The van der Waals surface area contributed by atoms with E-state index in [0.29, 0.717) is 32.3 Å². The molecule has 0 radical (unpaired) electrons. The van der Waals surface area contributed by atoms with Gasteiger partial charge in [0.05, 0.1) is 40.6 Å². The second-order valence-corrected chi connectivity index (χ2v) is 8.14. The molecule has 0 N–H and O–H groups in total. The van der Waals surface area contributed by atoms with E-state index >= 15 is 0 Å². The second kappa shape index (κ2) is 15.1. The quantitative estimate of drug-likeness (QED) is 0.218. The number of rotatable bonds is 15. The highest BCUT2D eigenvalue weighted by Gasteiger charge is 2.05. The number of methoxy groups -OCH3 is 2. The van der Waals surface area contributed by atoms with Crippen molar-refractivity contribution in [2.75, 3.05) is 27.4 Å². The van der Waals surface area contributed by atoms with Gasteiger partial charge in [-0.1, -0.05) is 62.9 Å². The Balaban J connectivity index is 1.86. The van der Waals surface area contributed by atoms with Gasteiger partial charge in [0.1, 0.15) is 11.5 Å². The largest absolute Gasteiger partial charge is 0.497 e. The number of ether oxygens (including phenoxy) is 4. The Morgan fingerprint density at radius 3 is 1.79 bits per heavy atom. The lowest BCUT2D eigenvalue weighted by atomic mass is 9.98. The molecule has 4 heteroatoms. The third-order valence-electron chi connectivity index (χ3n) is 5.13. The fraction of sp³-hybridized carbons (Fsp3) is 0.379. The van der Waals surface area contributed by atoms with E-state index in [2.05, 4.69) is 32.6 Å². The van der Waals surface area contributed by atoms with Crippen LogP contribution in [-0.2, 0) is 22.7 Å². The maximum atomic E-state index is 5.94. The van der Waals surface area contributed by atoms with Crippen molar-refractivity contribution in [3.05, 3.63) is 95.6 Å². The molecule has 178 valence electrons. The molecule has 0 amide bonds. The van der Waals surface area contributed by atoms with E-state index in [0.717, 1.165) is 35.5 Å². The van der Waals surface area contributed by atoms with Crippen LogP contribution in [0.25, 0.3) is 0 Å². The summed E-state index contributed by atoms with van der Waals surface area (Å²) in [5.74, 6) is 2.16. The van der Waals surface area contributed by atoms with Crippen LogP contribution in [0.5, 0.6) is 11.5 Å². The van der Waals surface area contributed by atoms with Gasteiger partial charge in [-0.2, -0.15) is 0 Å². The molecule has 33 heavy (non-hydrogen) atoms. The molecule has 0 saturated heterocycles. The van der Waals surface area contributed by atoms with Gasteiger partial charge in [-0.25, -0.2) is 0 Å². The highest BCUT2D eigenvalue weighted by atomic mass is 16.5. The summed E-state index contributed by atoms with van der Waals surface area (Å²) in [6.45, 7) is 10.9. The van der Waals surface area contributed by atoms with Gasteiger partial charge in [-0.3, -0.25) is 0 Å². The van der Waals surface area contributed by atoms with Crippen LogP contribution >= 0.6 is 0 Å². The van der Waals surface area contributed by atoms with Crippen LogP contribution in [0.4, 0.5) is 0 Å². The Bertz CT molecular complexity index is 877. The first-order valence-electron chi connectivity index (χ1n) is 11.5. The van der Waals surface area contributed by atoms with E-state index in [1.165, 1.54) is 11.1 Å². The molecule has 4 nitrogen and oxygen atoms in total. The maximum Gasteiger partial charge on any atom is 0.118 e. The van der Waals surface area contributed by atoms with Crippen molar-refractivity contribution in [1.29, 1.82) is 0 Å².